The zero-order valence-electron chi connectivity index (χ0n) is 11.7. The summed E-state index contributed by atoms with van der Waals surface area (Å²) >= 11 is 0. The van der Waals surface area contributed by atoms with Crippen LogP contribution in [0.5, 0.6) is 5.75 Å². The average Bonchev–Trinajstić information content (AvgIpc) is 2.49. The Balaban J connectivity index is 3.38. The van der Waals surface area contributed by atoms with Gasteiger partial charge in [0.15, 0.2) is 0 Å². The van der Waals surface area contributed by atoms with Crippen LogP contribution < -0.4 is 4.74 Å². The number of ether oxygens (including phenoxy) is 1. The Morgan fingerprint density at radius 1 is 1.40 bits per heavy atom. The molecule has 0 aliphatic heterocycles. The first-order valence-electron chi connectivity index (χ1n) is 6.21. The molecule has 0 aliphatic rings. The predicted molar refractivity (Wildman–Crippen MR) is 74.5 cm³/mol. The van der Waals surface area contributed by atoms with Crippen molar-refractivity contribution in [2.24, 2.45) is 10.3 Å². The van der Waals surface area contributed by atoms with Crippen LogP contribution in [0.1, 0.15) is 42.6 Å². The first kappa shape index (κ1) is 15.7. The van der Waals surface area contributed by atoms with Gasteiger partial charge >= 0.3 is 0 Å². The number of hydrogen-bond acceptors (Lipinski definition) is 4. The number of benzene rings is 1. The third kappa shape index (κ3) is 2.78. The lowest BCUT2D eigenvalue weighted by molar-refractivity contribution is 0.0997. The van der Waals surface area contributed by atoms with E-state index in [9.17, 15) is 9.70 Å². The summed E-state index contributed by atoms with van der Waals surface area (Å²) in [6, 6.07) is 4.71. The van der Waals surface area contributed by atoms with Crippen molar-refractivity contribution in [3.8, 4) is 5.75 Å². The molecule has 0 bridgehead atoms. The number of amides is 1. The Morgan fingerprint density at radius 2 is 2.05 bits per heavy atom. The van der Waals surface area contributed by atoms with Crippen molar-refractivity contribution in [1.29, 1.82) is 0 Å². The molecule has 0 aliphatic carbocycles. The third-order valence-electron chi connectivity index (χ3n) is 3.45. The lowest BCUT2D eigenvalue weighted by Crippen LogP contribution is -2.21. The van der Waals surface area contributed by atoms with Crippen LogP contribution in [0.4, 0.5) is 0 Å². The molecule has 0 radical (unpaired) electrons. The average molecular weight is 276 g/mol. The maximum Gasteiger partial charge on any atom is 0.252 e. The smallest absolute Gasteiger partial charge is 0.252 e. The van der Waals surface area contributed by atoms with E-state index in [0.717, 1.165) is 0 Å². The number of nitrogens with zero attached hydrogens (tertiary/aromatic N) is 4. The summed E-state index contributed by atoms with van der Waals surface area (Å²) in [5, 5.41) is 6.27. The fourth-order valence-electron chi connectivity index (χ4n) is 2.09. The number of azide groups is 1. The van der Waals surface area contributed by atoms with Crippen molar-refractivity contribution < 1.29 is 9.53 Å². The molecule has 0 atom stereocenters. The quantitative estimate of drug-likeness (QED) is 0.340. The molecule has 0 saturated carbocycles. The van der Waals surface area contributed by atoms with Crippen LogP contribution >= 0.6 is 0 Å². The molecule has 1 aromatic rings. The molecule has 0 aromatic heterocycles. The molecular weight excluding hydrogens is 260 g/mol. The Bertz CT molecular complexity index is 561. The second kappa shape index (κ2) is 6.68. The molecule has 0 N–H and O–H groups in total. The zero-order valence-corrected chi connectivity index (χ0v) is 11.7. The highest BCUT2D eigenvalue weighted by atomic mass is 16.5. The van der Waals surface area contributed by atoms with Gasteiger partial charge in [-0.05, 0) is 41.2 Å². The molecule has 0 unspecified atom stereocenters. The van der Waals surface area contributed by atoms with Crippen LogP contribution in [-0.4, -0.2) is 13.0 Å². The minimum Gasteiger partial charge on any atom is -0.496 e. The summed E-state index contributed by atoms with van der Waals surface area (Å²) < 4.78 is 5.13. The van der Waals surface area contributed by atoms with Crippen molar-refractivity contribution in [2.45, 2.75) is 32.2 Å². The Kier molecular flexibility index (Phi) is 5.23. The van der Waals surface area contributed by atoms with Gasteiger partial charge in [-0.15, -0.1) is 4.91 Å². The van der Waals surface area contributed by atoms with Crippen LogP contribution in [-0.2, 0) is 5.54 Å². The molecule has 0 spiro atoms. The largest absolute Gasteiger partial charge is 0.496 e. The Hall–Kier alpha value is -2.40. The highest BCUT2D eigenvalue weighted by Crippen LogP contribution is 2.36. The first-order valence-corrected chi connectivity index (χ1v) is 6.21. The summed E-state index contributed by atoms with van der Waals surface area (Å²) in [6.45, 7) is 3.74. The molecule has 0 saturated heterocycles. The summed E-state index contributed by atoms with van der Waals surface area (Å²) in [5.74, 6) is -0.469. The van der Waals surface area contributed by atoms with Gasteiger partial charge in [0.25, 0.3) is 5.91 Å². The van der Waals surface area contributed by atoms with Gasteiger partial charge in [-0.25, -0.2) is 0 Å². The molecule has 106 valence electrons. The van der Waals surface area contributed by atoms with E-state index in [1.54, 1.807) is 12.1 Å². The molecule has 7 nitrogen and oxygen atoms in total. The van der Waals surface area contributed by atoms with Crippen LogP contribution in [0.25, 0.3) is 10.4 Å². The van der Waals surface area contributed by atoms with E-state index < -0.39 is 11.4 Å². The predicted octanol–water partition coefficient (Wildman–Crippen LogP) is 3.93. The van der Waals surface area contributed by atoms with Crippen LogP contribution in [0, 0.1) is 4.91 Å². The van der Waals surface area contributed by atoms with E-state index in [0.29, 0.717) is 18.4 Å². The van der Waals surface area contributed by atoms with Gasteiger partial charge in [-0.1, -0.05) is 25.1 Å². The number of nitroso groups, excluding NO2 is 1. The van der Waals surface area contributed by atoms with Crippen molar-refractivity contribution in [3.05, 3.63) is 44.7 Å². The summed E-state index contributed by atoms with van der Waals surface area (Å²) in [7, 11) is 1.40. The van der Waals surface area contributed by atoms with Gasteiger partial charge in [0, 0.05) is 4.91 Å². The maximum absolute atomic E-state index is 11.6. The molecule has 1 amide bonds. The highest BCUT2D eigenvalue weighted by molar-refractivity contribution is 5.97. The van der Waals surface area contributed by atoms with Gasteiger partial charge < -0.3 is 4.74 Å². The molecule has 1 rings (SSSR count). The SMILES string of the molecule is CCC(CC)(N=O)c1ccc(C(=O)N=[N+]=[N-])c(OC)c1. The third-order valence-corrected chi connectivity index (χ3v) is 3.45. The lowest BCUT2D eigenvalue weighted by atomic mass is 9.85. The Morgan fingerprint density at radius 3 is 2.50 bits per heavy atom. The maximum atomic E-state index is 11.6. The lowest BCUT2D eigenvalue weighted by Gasteiger charge is -2.24. The van der Waals surface area contributed by atoms with Crippen LogP contribution in [0.3, 0.4) is 0 Å². The highest BCUT2D eigenvalue weighted by Gasteiger charge is 2.31. The fraction of sp³-hybridized carbons (Fsp3) is 0.462. The van der Waals surface area contributed by atoms with E-state index >= 15 is 0 Å². The first-order chi connectivity index (χ1) is 9.58. The Labute approximate surface area is 116 Å². The van der Waals surface area contributed by atoms with E-state index in [4.69, 9.17) is 10.3 Å². The standard InChI is InChI=1S/C13H16N4O3/c1-4-13(5-2,16-19)9-6-7-10(11(8-9)20-3)12(18)15-17-14/h6-8H,4-5H2,1-3H3. The van der Waals surface area contributed by atoms with Crippen LogP contribution in [0.15, 0.2) is 28.5 Å². The number of methoxy groups -OCH3 is 1. The summed E-state index contributed by atoms with van der Waals surface area (Å²) in [4.78, 5) is 25.3. The second-order valence-corrected chi connectivity index (χ2v) is 4.24. The fourth-order valence-corrected chi connectivity index (χ4v) is 2.09. The van der Waals surface area contributed by atoms with Crippen molar-refractivity contribution in [1.82, 2.24) is 0 Å². The minimum atomic E-state index is -0.840. The minimum absolute atomic E-state index is 0.154. The van der Waals surface area contributed by atoms with Crippen molar-refractivity contribution >= 4 is 5.91 Å². The van der Waals surface area contributed by atoms with Gasteiger partial charge in [0.2, 0.25) is 0 Å². The van der Waals surface area contributed by atoms with Crippen LogP contribution in [0.2, 0.25) is 0 Å². The normalized spacial score (nSPS) is 10.6. The number of carbonyl (C=O) groups excluding carboxylic acids is 1. The molecule has 1 aromatic carbocycles. The van der Waals surface area contributed by atoms with Gasteiger partial charge in [0.05, 0.1) is 12.7 Å². The topological polar surface area (TPSA) is 104 Å². The molecule has 0 fully saturated rings. The summed E-state index contributed by atoms with van der Waals surface area (Å²) in [5.41, 5.74) is 8.29. The van der Waals surface area contributed by atoms with Crippen molar-refractivity contribution in [3.63, 3.8) is 0 Å². The number of hydrogen-bond donors (Lipinski definition) is 0. The summed E-state index contributed by atoms with van der Waals surface area (Å²) in [6.07, 6.45) is 1.08. The van der Waals surface area contributed by atoms with E-state index in [2.05, 4.69) is 15.2 Å². The second-order valence-electron chi connectivity index (χ2n) is 4.24. The monoisotopic (exact) mass is 276 g/mol. The number of rotatable bonds is 6. The van der Waals surface area contributed by atoms with Gasteiger partial charge in [-0.3, -0.25) is 4.79 Å². The van der Waals surface area contributed by atoms with Crippen molar-refractivity contribution in [2.75, 3.05) is 7.11 Å². The molecule has 0 heterocycles. The molecule has 20 heavy (non-hydrogen) atoms. The number of carbonyl (C=O) groups is 1. The molecular formula is C13H16N4O3. The van der Waals surface area contributed by atoms with Gasteiger partial charge in [-0.2, -0.15) is 0 Å². The molecule has 7 heteroatoms. The van der Waals surface area contributed by atoms with E-state index in [1.165, 1.54) is 13.2 Å². The van der Waals surface area contributed by atoms with E-state index in [-0.39, 0.29) is 11.3 Å². The zero-order chi connectivity index (χ0) is 15.2. The van der Waals surface area contributed by atoms with E-state index in [1.807, 2.05) is 13.8 Å². The van der Waals surface area contributed by atoms with Gasteiger partial charge in [0.1, 0.15) is 11.3 Å².